The number of rotatable bonds is 3. The van der Waals surface area contributed by atoms with Crippen molar-refractivity contribution in [3.63, 3.8) is 0 Å². The molecule has 0 saturated carbocycles. The lowest BCUT2D eigenvalue weighted by Gasteiger charge is -2.23. The molecule has 150 valence electrons. The van der Waals surface area contributed by atoms with Gasteiger partial charge >= 0.3 is 0 Å². The maximum absolute atomic E-state index is 4.65. The Kier molecular flexibility index (Phi) is 4.22. The van der Waals surface area contributed by atoms with E-state index in [4.69, 9.17) is 0 Å². The molecule has 5 rings (SSSR count). The van der Waals surface area contributed by atoms with Gasteiger partial charge in [-0.05, 0) is 39.8 Å². The highest BCUT2D eigenvalue weighted by molar-refractivity contribution is 5.46. The van der Waals surface area contributed by atoms with Crippen LogP contribution in [-0.4, -0.2) is 55.9 Å². The van der Waals surface area contributed by atoms with Gasteiger partial charge in [-0.3, -0.25) is 0 Å². The lowest BCUT2D eigenvalue weighted by Crippen LogP contribution is -2.30. The molecule has 2 unspecified atom stereocenters. The first kappa shape index (κ1) is 18.0. The molecule has 2 aliphatic rings. The summed E-state index contributed by atoms with van der Waals surface area (Å²) in [5.74, 6) is 3.88. The number of aryl methyl sites for hydroxylation is 4. The third-order valence-corrected chi connectivity index (χ3v) is 5.93. The van der Waals surface area contributed by atoms with Crippen molar-refractivity contribution in [3.8, 4) is 5.82 Å². The molecule has 2 aliphatic heterocycles. The standard InChI is InChI=1S/C21H26N8/c1-13-5-14(2)25-21(24-13)28-10-17-8-27(9-18(17)11-28)19-7-20(23-12-22-19)29-16(4)6-15(3)26-29/h5-7,12,17-18H,8-11H2,1-4H3. The Morgan fingerprint density at radius 2 is 1.34 bits per heavy atom. The molecular weight excluding hydrogens is 364 g/mol. The molecule has 5 heterocycles. The van der Waals surface area contributed by atoms with E-state index in [1.807, 2.05) is 44.5 Å². The first-order valence-corrected chi connectivity index (χ1v) is 10.1. The molecule has 2 saturated heterocycles. The van der Waals surface area contributed by atoms with Gasteiger partial charge in [-0.25, -0.2) is 24.6 Å². The summed E-state index contributed by atoms with van der Waals surface area (Å²) in [5, 5.41) is 4.55. The Balaban J connectivity index is 1.32. The first-order valence-electron chi connectivity index (χ1n) is 10.1. The van der Waals surface area contributed by atoms with Crippen molar-refractivity contribution in [2.24, 2.45) is 11.8 Å². The third-order valence-electron chi connectivity index (χ3n) is 5.93. The maximum atomic E-state index is 4.65. The van der Waals surface area contributed by atoms with Gasteiger partial charge in [-0.2, -0.15) is 5.10 Å². The molecule has 0 radical (unpaired) electrons. The number of hydrogen-bond donors (Lipinski definition) is 0. The number of aromatic nitrogens is 6. The second-order valence-electron chi connectivity index (χ2n) is 8.35. The number of anilines is 2. The van der Waals surface area contributed by atoms with Crippen molar-refractivity contribution in [1.82, 2.24) is 29.7 Å². The fourth-order valence-corrected chi connectivity index (χ4v) is 4.68. The van der Waals surface area contributed by atoms with E-state index in [9.17, 15) is 0 Å². The summed E-state index contributed by atoms with van der Waals surface area (Å²) >= 11 is 0. The van der Waals surface area contributed by atoms with Crippen molar-refractivity contribution in [3.05, 3.63) is 47.3 Å². The molecule has 0 aromatic carbocycles. The fraction of sp³-hybridized carbons (Fsp3) is 0.476. The van der Waals surface area contributed by atoms with Crippen LogP contribution < -0.4 is 9.80 Å². The average molecular weight is 390 g/mol. The summed E-state index contributed by atoms with van der Waals surface area (Å²) in [6.07, 6.45) is 1.64. The zero-order valence-electron chi connectivity index (χ0n) is 17.4. The van der Waals surface area contributed by atoms with E-state index >= 15 is 0 Å². The van der Waals surface area contributed by atoms with E-state index in [1.165, 1.54) is 0 Å². The molecule has 0 bridgehead atoms. The van der Waals surface area contributed by atoms with Gasteiger partial charge in [0.2, 0.25) is 5.95 Å². The van der Waals surface area contributed by atoms with Crippen LogP contribution in [0.2, 0.25) is 0 Å². The number of fused-ring (bicyclic) bond motifs is 1. The summed E-state index contributed by atoms with van der Waals surface area (Å²) in [4.78, 5) is 23.0. The quantitative estimate of drug-likeness (QED) is 0.679. The molecule has 0 amide bonds. The summed E-state index contributed by atoms with van der Waals surface area (Å²) in [6.45, 7) is 12.1. The van der Waals surface area contributed by atoms with E-state index in [-0.39, 0.29) is 0 Å². The van der Waals surface area contributed by atoms with Crippen molar-refractivity contribution in [2.45, 2.75) is 27.7 Å². The second kappa shape index (κ2) is 6.79. The predicted octanol–water partition coefficient (Wildman–Crippen LogP) is 2.26. The molecule has 8 heteroatoms. The van der Waals surface area contributed by atoms with E-state index in [2.05, 4.69) is 40.9 Å². The smallest absolute Gasteiger partial charge is 0.225 e. The molecule has 0 spiro atoms. The van der Waals surface area contributed by atoms with Crippen LogP contribution in [0.4, 0.5) is 11.8 Å². The highest BCUT2D eigenvalue weighted by Gasteiger charge is 2.41. The maximum Gasteiger partial charge on any atom is 0.225 e. The molecule has 8 nitrogen and oxygen atoms in total. The largest absolute Gasteiger partial charge is 0.356 e. The van der Waals surface area contributed by atoms with Gasteiger partial charge in [0.05, 0.1) is 5.69 Å². The van der Waals surface area contributed by atoms with Gasteiger partial charge in [0.25, 0.3) is 0 Å². The Hall–Kier alpha value is -3.03. The predicted molar refractivity (Wildman–Crippen MR) is 112 cm³/mol. The molecule has 3 aromatic heterocycles. The number of hydrogen-bond acceptors (Lipinski definition) is 7. The highest BCUT2D eigenvalue weighted by atomic mass is 15.3. The third kappa shape index (κ3) is 3.32. The van der Waals surface area contributed by atoms with Crippen LogP contribution in [-0.2, 0) is 0 Å². The van der Waals surface area contributed by atoms with Crippen LogP contribution in [0, 0.1) is 39.5 Å². The van der Waals surface area contributed by atoms with E-state index < -0.39 is 0 Å². The fourth-order valence-electron chi connectivity index (χ4n) is 4.68. The van der Waals surface area contributed by atoms with Crippen molar-refractivity contribution < 1.29 is 0 Å². The van der Waals surface area contributed by atoms with Gasteiger partial charge in [0.1, 0.15) is 12.1 Å². The second-order valence-corrected chi connectivity index (χ2v) is 8.35. The minimum absolute atomic E-state index is 0.603. The highest BCUT2D eigenvalue weighted by Crippen LogP contribution is 2.35. The van der Waals surface area contributed by atoms with E-state index in [0.717, 1.165) is 66.5 Å². The van der Waals surface area contributed by atoms with Crippen molar-refractivity contribution in [2.75, 3.05) is 36.0 Å². The lowest BCUT2D eigenvalue weighted by molar-refractivity contribution is 0.533. The van der Waals surface area contributed by atoms with E-state index in [1.54, 1.807) is 6.33 Å². The summed E-state index contributed by atoms with van der Waals surface area (Å²) in [5.41, 5.74) is 4.13. The van der Waals surface area contributed by atoms with Crippen LogP contribution in [0.1, 0.15) is 22.8 Å². The monoisotopic (exact) mass is 390 g/mol. The van der Waals surface area contributed by atoms with Crippen molar-refractivity contribution in [1.29, 1.82) is 0 Å². The molecule has 29 heavy (non-hydrogen) atoms. The minimum Gasteiger partial charge on any atom is -0.356 e. The topological polar surface area (TPSA) is 75.9 Å². The molecule has 0 N–H and O–H groups in total. The lowest BCUT2D eigenvalue weighted by atomic mass is 10.0. The SMILES string of the molecule is Cc1cc(C)nc(N2CC3CN(c4cc(-n5nc(C)cc5C)ncn4)CC3C2)n1. The summed E-state index contributed by atoms with van der Waals surface area (Å²) < 4.78 is 1.89. The molecule has 3 aromatic rings. The van der Waals surface area contributed by atoms with E-state index in [0.29, 0.717) is 11.8 Å². The molecular formula is C21H26N8. The number of nitrogens with zero attached hydrogens (tertiary/aromatic N) is 8. The normalized spacial score (nSPS) is 21.1. The van der Waals surface area contributed by atoms with Crippen LogP contribution >= 0.6 is 0 Å². The van der Waals surface area contributed by atoms with Gasteiger partial charge < -0.3 is 9.80 Å². The summed E-state index contributed by atoms with van der Waals surface area (Å²) in [7, 11) is 0. The Labute approximate surface area is 170 Å². The zero-order chi connectivity index (χ0) is 20.1. The van der Waals surface area contributed by atoms with Crippen LogP contribution in [0.3, 0.4) is 0 Å². The van der Waals surface area contributed by atoms with Crippen LogP contribution in [0.5, 0.6) is 0 Å². The molecule has 0 aliphatic carbocycles. The van der Waals surface area contributed by atoms with Crippen molar-refractivity contribution >= 4 is 11.8 Å². The summed E-state index contributed by atoms with van der Waals surface area (Å²) in [6, 6.07) is 6.13. The van der Waals surface area contributed by atoms with Crippen LogP contribution in [0.15, 0.2) is 24.5 Å². The zero-order valence-corrected chi connectivity index (χ0v) is 17.4. The van der Waals surface area contributed by atoms with Gasteiger partial charge in [-0.15, -0.1) is 0 Å². The Morgan fingerprint density at radius 3 is 1.97 bits per heavy atom. The average Bonchev–Trinajstić information content (AvgIpc) is 3.33. The first-order chi connectivity index (χ1) is 14.0. The van der Waals surface area contributed by atoms with Gasteiger partial charge in [0.15, 0.2) is 5.82 Å². The minimum atomic E-state index is 0.603. The Bertz CT molecular complexity index is 1020. The molecule has 2 fully saturated rings. The Morgan fingerprint density at radius 1 is 0.724 bits per heavy atom. The van der Waals surface area contributed by atoms with Gasteiger partial charge in [0, 0.05) is 61.2 Å². The van der Waals surface area contributed by atoms with Crippen LogP contribution in [0.25, 0.3) is 5.82 Å². The molecule has 2 atom stereocenters. The van der Waals surface area contributed by atoms with Gasteiger partial charge in [-0.1, -0.05) is 0 Å².